The zero-order valence-corrected chi connectivity index (χ0v) is 13.6. The molecule has 3 rings (SSSR count). The first-order valence-electron chi connectivity index (χ1n) is 8.01. The molecule has 2 aromatic carbocycles. The Morgan fingerprint density at radius 3 is 1.88 bits per heavy atom. The molecule has 0 N–H and O–H groups in total. The Morgan fingerprint density at radius 1 is 0.833 bits per heavy atom. The van der Waals surface area contributed by atoms with E-state index in [4.69, 9.17) is 0 Å². The van der Waals surface area contributed by atoms with E-state index < -0.39 is 28.8 Å². The van der Waals surface area contributed by atoms with E-state index in [0.717, 1.165) is 37.0 Å². The van der Waals surface area contributed by atoms with Gasteiger partial charge < -0.3 is 0 Å². The van der Waals surface area contributed by atoms with E-state index in [9.17, 15) is 17.6 Å². The lowest BCUT2D eigenvalue weighted by Crippen LogP contribution is -2.02. The molecule has 1 atom stereocenters. The van der Waals surface area contributed by atoms with Crippen LogP contribution in [0.5, 0.6) is 0 Å². The summed E-state index contributed by atoms with van der Waals surface area (Å²) in [4.78, 5) is 0. The molecule has 0 heterocycles. The van der Waals surface area contributed by atoms with Crippen molar-refractivity contribution >= 4 is 5.57 Å². The zero-order valence-electron chi connectivity index (χ0n) is 13.6. The van der Waals surface area contributed by atoms with E-state index in [-0.39, 0.29) is 11.1 Å². The fourth-order valence-electron chi connectivity index (χ4n) is 3.05. The highest BCUT2D eigenvalue weighted by Gasteiger charge is 2.19. The van der Waals surface area contributed by atoms with Crippen molar-refractivity contribution in [2.45, 2.75) is 33.1 Å². The summed E-state index contributed by atoms with van der Waals surface area (Å²) in [5.74, 6) is -2.70. The second kappa shape index (κ2) is 6.42. The first kappa shape index (κ1) is 16.7. The van der Waals surface area contributed by atoms with Gasteiger partial charge in [-0.3, -0.25) is 0 Å². The monoisotopic (exact) mass is 334 g/mol. The van der Waals surface area contributed by atoms with Gasteiger partial charge in [-0.1, -0.05) is 13.0 Å². The van der Waals surface area contributed by atoms with E-state index in [1.54, 1.807) is 0 Å². The average Bonchev–Trinajstić information content (AvgIpc) is 2.52. The van der Waals surface area contributed by atoms with Crippen LogP contribution in [-0.2, 0) is 0 Å². The summed E-state index contributed by atoms with van der Waals surface area (Å²) < 4.78 is 56.4. The van der Waals surface area contributed by atoms with Crippen LogP contribution in [0.3, 0.4) is 0 Å². The molecule has 0 aliphatic heterocycles. The first-order valence-corrected chi connectivity index (χ1v) is 8.01. The Morgan fingerprint density at radius 2 is 1.38 bits per heavy atom. The van der Waals surface area contributed by atoms with Gasteiger partial charge in [0.2, 0.25) is 0 Å². The Balaban J connectivity index is 2.05. The van der Waals surface area contributed by atoms with Crippen LogP contribution in [0.15, 0.2) is 30.3 Å². The highest BCUT2D eigenvalue weighted by molar-refractivity contribution is 5.72. The third-order valence-electron chi connectivity index (χ3n) is 4.66. The van der Waals surface area contributed by atoms with Crippen molar-refractivity contribution in [3.8, 4) is 11.1 Å². The van der Waals surface area contributed by atoms with Gasteiger partial charge in [-0.2, -0.15) is 0 Å². The van der Waals surface area contributed by atoms with E-state index in [1.165, 1.54) is 19.1 Å². The normalized spacial score (nSPS) is 17.8. The summed E-state index contributed by atoms with van der Waals surface area (Å²) in [6, 6.07) is 4.41. The van der Waals surface area contributed by atoms with Gasteiger partial charge in [0, 0.05) is 5.56 Å². The van der Waals surface area contributed by atoms with Gasteiger partial charge in [-0.15, -0.1) is 0 Å². The molecule has 0 saturated heterocycles. The van der Waals surface area contributed by atoms with Crippen LogP contribution in [0.25, 0.3) is 16.7 Å². The third kappa shape index (κ3) is 3.10. The zero-order chi connectivity index (χ0) is 17.4. The molecule has 126 valence electrons. The number of hydrogen-bond acceptors (Lipinski definition) is 0. The topological polar surface area (TPSA) is 0 Å². The second-order valence-corrected chi connectivity index (χ2v) is 6.49. The van der Waals surface area contributed by atoms with Crippen LogP contribution in [0, 0.1) is 36.1 Å². The Bertz CT molecular complexity index is 774. The maximum absolute atomic E-state index is 14.5. The lowest BCUT2D eigenvalue weighted by molar-refractivity contribution is 0.533. The van der Waals surface area contributed by atoms with Crippen molar-refractivity contribution in [2.24, 2.45) is 5.92 Å². The van der Waals surface area contributed by atoms with Crippen molar-refractivity contribution in [1.82, 2.24) is 0 Å². The molecule has 2 aromatic rings. The molecule has 0 bridgehead atoms. The molecule has 0 amide bonds. The quantitative estimate of drug-likeness (QED) is 0.556. The van der Waals surface area contributed by atoms with Crippen LogP contribution in [-0.4, -0.2) is 0 Å². The van der Waals surface area contributed by atoms with Gasteiger partial charge in [0.25, 0.3) is 0 Å². The molecule has 4 heteroatoms. The van der Waals surface area contributed by atoms with Gasteiger partial charge in [-0.05, 0) is 73.1 Å². The third-order valence-corrected chi connectivity index (χ3v) is 4.66. The predicted molar refractivity (Wildman–Crippen MR) is 87.4 cm³/mol. The summed E-state index contributed by atoms with van der Waals surface area (Å²) in [5, 5.41) is 0. The molecule has 0 saturated carbocycles. The Hall–Kier alpha value is -2.10. The molecule has 0 aromatic heterocycles. The number of rotatable bonds is 2. The van der Waals surface area contributed by atoms with Crippen LogP contribution in [0.1, 0.15) is 37.3 Å². The molecule has 0 spiro atoms. The lowest BCUT2D eigenvalue weighted by atomic mass is 9.87. The largest absolute Gasteiger partial charge is 0.207 e. The highest BCUT2D eigenvalue weighted by Crippen LogP contribution is 2.35. The maximum Gasteiger partial charge on any atom is 0.134 e. The van der Waals surface area contributed by atoms with E-state index in [2.05, 4.69) is 6.92 Å². The van der Waals surface area contributed by atoms with Crippen molar-refractivity contribution in [2.75, 3.05) is 0 Å². The minimum absolute atomic E-state index is 0.136. The van der Waals surface area contributed by atoms with E-state index in [1.807, 2.05) is 6.08 Å². The fraction of sp³-hybridized carbons (Fsp3) is 0.300. The smallest absolute Gasteiger partial charge is 0.134 e. The number of halogens is 4. The predicted octanol–water partition coefficient (Wildman–Crippen LogP) is 6.42. The fourth-order valence-corrected chi connectivity index (χ4v) is 3.05. The van der Waals surface area contributed by atoms with Gasteiger partial charge >= 0.3 is 0 Å². The highest BCUT2D eigenvalue weighted by atomic mass is 19.1. The summed E-state index contributed by atoms with van der Waals surface area (Å²) in [6.07, 6.45) is 4.64. The first-order chi connectivity index (χ1) is 11.4. The van der Waals surface area contributed by atoms with E-state index >= 15 is 0 Å². The number of benzene rings is 2. The second-order valence-electron chi connectivity index (χ2n) is 6.49. The molecular formula is C20H18F4. The number of allylic oxidation sites excluding steroid dienone is 2. The molecule has 1 aliphatic rings. The molecule has 1 unspecified atom stereocenters. The SMILES string of the molecule is Cc1c(F)cc(-c2c(F)cc(C3=CCC(C)CC3)cc2F)cc1F. The summed E-state index contributed by atoms with van der Waals surface area (Å²) in [5.41, 5.74) is 0.704. The van der Waals surface area contributed by atoms with Crippen molar-refractivity contribution < 1.29 is 17.6 Å². The van der Waals surface area contributed by atoms with Gasteiger partial charge in [0.15, 0.2) is 0 Å². The molecular weight excluding hydrogens is 316 g/mol. The molecule has 0 nitrogen and oxygen atoms in total. The molecule has 24 heavy (non-hydrogen) atoms. The van der Waals surface area contributed by atoms with E-state index in [0.29, 0.717) is 11.5 Å². The average molecular weight is 334 g/mol. The summed E-state index contributed by atoms with van der Waals surface area (Å²) >= 11 is 0. The van der Waals surface area contributed by atoms with Crippen molar-refractivity contribution in [3.63, 3.8) is 0 Å². The lowest BCUT2D eigenvalue weighted by Gasteiger charge is -2.19. The minimum Gasteiger partial charge on any atom is -0.207 e. The standard InChI is InChI=1S/C20H18F4/c1-11-3-5-13(6-4-11)14-7-18(23)20(19(24)8-14)15-9-16(21)12(2)17(22)10-15/h5,7-11H,3-4,6H2,1-2H3. The van der Waals surface area contributed by atoms with Crippen molar-refractivity contribution in [1.29, 1.82) is 0 Å². The number of hydrogen-bond donors (Lipinski definition) is 0. The van der Waals surface area contributed by atoms with Crippen LogP contribution in [0.4, 0.5) is 17.6 Å². The van der Waals surface area contributed by atoms with Crippen LogP contribution in [0.2, 0.25) is 0 Å². The molecule has 0 radical (unpaired) electrons. The Kier molecular flexibility index (Phi) is 4.48. The van der Waals surface area contributed by atoms with Crippen LogP contribution >= 0.6 is 0 Å². The molecule has 1 aliphatic carbocycles. The van der Waals surface area contributed by atoms with Crippen LogP contribution < -0.4 is 0 Å². The maximum atomic E-state index is 14.5. The van der Waals surface area contributed by atoms with Gasteiger partial charge in [0.05, 0.1) is 5.56 Å². The summed E-state index contributed by atoms with van der Waals surface area (Å²) in [7, 11) is 0. The van der Waals surface area contributed by atoms with Gasteiger partial charge in [0.1, 0.15) is 23.3 Å². The van der Waals surface area contributed by atoms with Crippen molar-refractivity contribution in [3.05, 3.63) is 64.7 Å². The summed E-state index contributed by atoms with van der Waals surface area (Å²) in [6.45, 7) is 3.42. The van der Waals surface area contributed by atoms with Gasteiger partial charge in [-0.25, -0.2) is 17.6 Å². The Labute approximate surface area is 138 Å². The molecule has 0 fully saturated rings. The minimum atomic E-state index is -0.822.